The van der Waals surface area contributed by atoms with Gasteiger partial charge in [0.15, 0.2) is 0 Å². The molecule has 5 heteroatoms. The summed E-state index contributed by atoms with van der Waals surface area (Å²) in [6.07, 6.45) is 0. The molecule has 5 nitrogen and oxygen atoms in total. The van der Waals surface area contributed by atoms with Crippen LogP contribution in [0.15, 0.2) is 12.1 Å². The Morgan fingerprint density at radius 3 is 2.78 bits per heavy atom. The van der Waals surface area contributed by atoms with Gasteiger partial charge in [0.05, 0.1) is 23.5 Å². The summed E-state index contributed by atoms with van der Waals surface area (Å²) in [4.78, 5) is 17.4. The molecule has 1 aromatic heterocycles. The van der Waals surface area contributed by atoms with Gasteiger partial charge in [-0.3, -0.25) is 0 Å². The van der Waals surface area contributed by atoms with E-state index in [2.05, 4.69) is 9.88 Å². The number of rotatable bonds is 2. The van der Waals surface area contributed by atoms with Gasteiger partial charge in [0.1, 0.15) is 5.82 Å². The van der Waals surface area contributed by atoms with Gasteiger partial charge >= 0.3 is 5.97 Å². The molecule has 0 spiro atoms. The molecule has 0 amide bonds. The maximum atomic E-state index is 10.9. The Morgan fingerprint density at radius 2 is 2.22 bits per heavy atom. The summed E-state index contributed by atoms with van der Waals surface area (Å²) < 4.78 is 5.65. The highest BCUT2D eigenvalue weighted by Crippen LogP contribution is 2.22. The Kier molecular flexibility index (Phi) is 3.26. The fraction of sp³-hybridized carbons (Fsp3) is 0.538. The first-order chi connectivity index (χ1) is 8.39. The summed E-state index contributed by atoms with van der Waals surface area (Å²) in [5.74, 6) is -0.122. The highest BCUT2D eigenvalue weighted by Gasteiger charge is 2.28. The van der Waals surface area contributed by atoms with E-state index in [-0.39, 0.29) is 11.2 Å². The summed E-state index contributed by atoms with van der Waals surface area (Å²) in [6, 6.07) is 3.38. The van der Waals surface area contributed by atoms with E-state index in [1.54, 1.807) is 19.1 Å². The van der Waals surface area contributed by atoms with Gasteiger partial charge in [-0.2, -0.15) is 0 Å². The molecule has 1 aliphatic heterocycles. The van der Waals surface area contributed by atoms with E-state index < -0.39 is 5.97 Å². The van der Waals surface area contributed by atoms with Crippen molar-refractivity contribution in [2.75, 3.05) is 24.6 Å². The summed E-state index contributed by atoms with van der Waals surface area (Å²) in [5, 5.41) is 8.98. The Labute approximate surface area is 106 Å². The molecular weight excluding hydrogens is 232 g/mol. The summed E-state index contributed by atoms with van der Waals surface area (Å²) in [6.45, 7) is 8.00. The Balaban J connectivity index is 2.24. The maximum Gasteiger partial charge on any atom is 0.337 e. The van der Waals surface area contributed by atoms with E-state index in [9.17, 15) is 4.79 Å². The van der Waals surface area contributed by atoms with E-state index in [1.807, 2.05) is 13.8 Å². The molecule has 98 valence electrons. The van der Waals surface area contributed by atoms with Crippen LogP contribution < -0.4 is 4.90 Å². The quantitative estimate of drug-likeness (QED) is 0.865. The summed E-state index contributed by atoms with van der Waals surface area (Å²) in [5.41, 5.74) is 0.606. The molecule has 18 heavy (non-hydrogen) atoms. The molecule has 2 heterocycles. The molecule has 0 aliphatic carbocycles. The predicted octanol–water partition coefficient (Wildman–Crippen LogP) is 1.70. The molecule has 0 atom stereocenters. The standard InChI is InChI=1S/C13H18N2O3/c1-9-10(12(16)17)4-5-11(14-9)15-6-7-18-13(2,3)8-15/h4-5H,6-8H2,1-3H3,(H,16,17). The average Bonchev–Trinajstić information content (AvgIpc) is 2.27. The predicted molar refractivity (Wildman–Crippen MR) is 68.2 cm³/mol. The van der Waals surface area contributed by atoms with Gasteiger partial charge in [-0.05, 0) is 32.9 Å². The van der Waals surface area contributed by atoms with Gasteiger partial charge in [0, 0.05) is 13.1 Å². The van der Waals surface area contributed by atoms with Crippen molar-refractivity contribution >= 4 is 11.8 Å². The minimum atomic E-state index is -0.936. The summed E-state index contributed by atoms with van der Waals surface area (Å²) in [7, 11) is 0. The lowest BCUT2D eigenvalue weighted by molar-refractivity contribution is -0.0279. The smallest absolute Gasteiger partial charge is 0.337 e. The zero-order chi connectivity index (χ0) is 13.3. The van der Waals surface area contributed by atoms with Crippen molar-refractivity contribution in [1.82, 2.24) is 4.98 Å². The largest absolute Gasteiger partial charge is 0.478 e. The number of nitrogens with zero attached hydrogens (tertiary/aromatic N) is 2. The molecule has 1 aliphatic rings. The van der Waals surface area contributed by atoms with E-state index in [4.69, 9.17) is 9.84 Å². The van der Waals surface area contributed by atoms with Gasteiger partial charge in [0.25, 0.3) is 0 Å². The maximum absolute atomic E-state index is 10.9. The van der Waals surface area contributed by atoms with Crippen LogP contribution in [-0.2, 0) is 4.74 Å². The van der Waals surface area contributed by atoms with Crippen LogP contribution in [0.4, 0.5) is 5.82 Å². The molecular formula is C13H18N2O3. The third-order valence-electron chi connectivity index (χ3n) is 3.05. The third-order valence-corrected chi connectivity index (χ3v) is 3.05. The Morgan fingerprint density at radius 1 is 1.50 bits per heavy atom. The Hall–Kier alpha value is -1.62. The summed E-state index contributed by atoms with van der Waals surface area (Å²) >= 11 is 0. The molecule has 0 saturated carbocycles. The molecule has 0 aromatic carbocycles. The van der Waals surface area contributed by atoms with Crippen molar-refractivity contribution in [3.63, 3.8) is 0 Å². The molecule has 0 unspecified atom stereocenters. The highest BCUT2D eigenvalue weighted by atomic mass is 16.5. The van der Waals surface area contributed by atoms with Gasteiger partial charge in [-0.25, -0.2) is 9.78 Å². The lowest BCUT2D eigenvalue weighted by Gasteiger charge is -2.38. The number of carbonyl (C=O) groups is 1. The Bertz CT molecular complexity index is 471. The lowest BCUT2D eigenvalue weighted by Crippen LogP contribution is -2.48. The van der Waals surface area contributed by atoms with Gasteiger partial charge < -0.3 is 14.7 Å². The van der Waals surface area contributed by atoms with Crippen LogP contribution in [0.2, 0.25) is 0 Å². The van der Waals surface area contributed by atoms with Gasteiger partial charge in [0.2, 0.25) is 0 Å². The van der Waals surface area contributed by atoms with Crippen LogP contribution in [0.3, 0.4) is 0 Å². The van der Waals surface area contributed by atoms with Crippen molar-refractivity contribution in [3.05, 3.63) is 23.4 Å². The fourth-order valence-electron chi connectivity index (χ4n) is 2.16. The minimum absolute atomic E-state index is 0.195. The normalized spacial score (nSPS) is 18.7. The number of aromatic carboxylic acids is 1. The number of hydrogen-bond acceptors (Lipinski definition) is 4. The number of ether oxygens (including phenoxy) is 1. The number of carboxylic acids is 1. The van der Waals surface area contributed by atoms with E-state index in [1.165, 1.54) is 0 Å². The number of carboxylic acid groups (broad SMARTS) is 1. The van der Waals surface area contributed by atoms with Crippen molar-refractivity contribution in [1.29, 1.82) is 0 Å². The SMILES string of the molecule is Cc1nc(N2CCOC(C)(C)C2)ccc1C(=O)O. The van der Waals surface area contributed by atoms with E-state index >= 15 is 0 Å². The number of morpholine rings is 1. The minimum Gasteiger partial charge on any atom is -0.478 e. The number of aromatic nitrogens is 1. The molecule has 1 saturated heterocycles. The monoisotopic (exact) mass is 250 g/mol. The van der Waals surface area contributed by atoms with Crippen molar-refractivity contribution in [3.8, 4) is 0 Å². The highest BCUT2D eigenvalue weighted by molar-refractivity contribution is 5.89. The van der Waals surface area contributed by atoms with Crippen LogP contribution in [0.25, 0.3) is 0 Å². The van der Waals surface area contributed by atoms with Crippen LogP contribution in [0.1, 0.15) is 29.9 Å². The van der Waals surface area contributed by atoms with Crippen molar-refractivity contribution in [2.45, 2.75) is 26.4 Å². The second-order valence-electron chi connectivity index (χ2n) is 5.14. The van der Waals surface area contributed by atoms with Crippen LogP contribution in [0.5, 0.6) is 0 Å². The van der Waals surface area contributed by atoms with Crippen LogP contribution >= 0.6 is 0 Å². The first-order valence-corrected chi connectivity index (χ1v) is 5.99. The van der Waals surface area contributed by atoms with Gasteiger partial charge in [-0.1, -0.05) is 0 Å². The van der Waals surface area contributed by atoms with Crippen LogP contribution in [0, 0.1) is 6.92 Å². The average molecular weight is 250 g/mol. The van der Waals surface area contributed by atoms with Crippen molar-refractivity contribution < 1.29 is 14.6 Å². The lowest BCUT2D eigenvalue weighted by atomic mass is 10.1. The van der Waals surface area contributed by atoms with E-state index in [0.717, 1.165) is 18.9 Å². The molecule has 0 radical (unpaired) electrons. The molecule has 1 N–H and O–H groups in total. The third kappa shape index (κ3) is 2.61. The van der Waals surface area contributed by atoms with Crippen LogP contribution in [-0.4, -0.2) is 41.4 Å². The number of anilines is 1. The topological polar surface area (TPSA) is 62.7 Å². The first-order valence-electron chi connectivity index (χ1n) is 5.99. The number of pyridine rings is 1. The zero-order valence-electron chi connectivity index (χ0n) is 10.9. The van der Waals surface area contributed by atoms with Gasteiger partial charge in [-0.15, -0.1) is 0 Å². The van der Waals surface area contributed by atoms with Crippen molar-refractivity contribution in [2.24, 2.45) is 0 Å². The second kappa shape index (κ2) is 4.57. The second-order valence-corrected chi connectivity index (χ2v) is 5.14. The molecule has 1 aromatic rings. The zero-order valence-corrected chi connectivity index (χ0v) is 10.9. The number of aryl methyl sites for hydroxylation is 1. The molecule has 2 rings (SSSR count). The molecule has 0 bridgehead atoms. The molecule has 1 fully saturated rings. The fourth-order valence-corrected chi connectivity index (χ4v) is 2.16. The first kappa shape index (κ1) is 12.8. The van der Waals surface area contributed by atoms with E-state index in [0.29, 0.717) is 12.3 Å². The number of hydrogen-bond donors (Lipinski definition) is 1.